The van der Waals surface area contributed by atoms with E-state index in [1.54, 1.807) is 6.92 Å². The van der Waals surface area contributed by atoms with Crippen molar-refractivity contribution in [2.45, 2.75) is 32.9 Å². The smallest absolute Gasteiger partial charge is 0.220 e. The Bertz CT molecular complexity index is 240. The molecule has 1 aliphatic rings. The molecule has 1 radical (unpaired) electrons. The number of rotatable bonds is 0. The molecule has 1 aliphatic heterocycles. The van der Waals surface area contributed by atoms with Crippen LogP contribution < -0.4 is 11.1 Å². The molecule has 1 saturated heterocycles. The molecule has 0 spiro atoms. The van der Waals surface area contributed by atoms with E-state index in [0.29, 0.717) is 17.9 Å². The van der Waals surface area contributed by atoms with Crippen molar-refractivity contribution < 1.29 is 18.6 Å². The fourth-order valence-electron chi connectivity index (χ4n) is 1.77. The van der Waals surface area contributed by atoms with Crippen molar-refractivity contribution in [2.75, 3.05) is 13.1 Å². The predicted octanol–water partition coefficient (Wildman–Crippen LogP) is 0.428. The number of aliphatic imine (C=N–C) groups is 1. The molecule has 0 aliphatic carbocycles. The fraction of sp³-hybridized carbons (Fsp3) is 0.700. The number of amidine groups is 1. The maximum Gasteiger partial charge on any atom is 0.220 e. The normalized spacial score (nSPS) is 25.4. The molecule has 0 saturated carbocycles. The van der Waals surface area contributed by atoms with Gasteiger partial charge in [-0.05, 0) is 20.8 Å². The monoisotopic (exact) mass is 263 g/mol. The van der Waals surface area contributed by atoms with Gasteiger partial charge in [-0.1, -0.05) is 0 Å². The fourth-order valence-corrected chi connectivity index (χ4v) is 1.77. The summed E-state index contributed by atoms with van der Waals surface area (Å²) in [6.07, 6.45) is 0. The van der Waals surface area contributed by atoms with Gasteiger partial charge in [0.25, 0.3) is 0 Å². The molecule has 2 atom stereocenters. The first-order valence-corrected chi connectivity index (χ1v) is 4.90. The van der Waals surface area contributed by atoms with Crippen molar-refractivity contribution in [3.8, 4) is 0 Å². The third-order valence-corrected chi connectivity index (χ3v) is 2.36. The first-order chi connectivity index (χ1) is 6.52. The Balaban J connectivity index is 0. The van der Waals surface area contributed by atoms with E-state index in [-0.39, 0.29) is 31.9 Å². The summed E-state index contributed by atoms with van der Waals surface area (Å²) >= 11 is 0. The topological polar surface area (TPSA) is 77.5 Å². The van der Waals surface area contributed by atoms with E-state index in [9.17, 15) is 0 Å². The minimum atomic E-state index is 0. The molecule has 0 aromatic heterocycles. The molecule has 6 heteroatoms. The minimum Gasteiger partial charge on any atom is -0.387 e. The maximum absolute atomic E-state index is 7.80. The number of hydrogen-bond acceptors (Lipinski definition) is 2. The van der Waals surface area contributed by atoms with Crippen LogP contribution in [0.25, 0.3) is 0 Å². The second-order valence-corrected chi connectivity index (χ2v) is 3.84. The molecule has 0 aromatic rings. The molecule has 0 amide bonds. The number of nitrogens with one attached hydrogen (secondary N) is 2. The third-order valence-electron chi connectivity index (χ3n) is 2.36. The zero-order chi connectivity index (χ0) is 10.7. The molecular weight excluding hydrogens is 241 g/mol. The SMILES string of the molecule is C/C(N)=N/C(=N)N1[C@H](C)CNC[C@@H]1C.[CH3-].[V]. The summed E-state index contributed by atoms with van der Waals surface area (Å²) in [7, 11) is 0. The largest absolute Gasteiger partial charge is 0.387 e. The summed E-state index contributed by atoms with van der Waals surface area (Å²) < 4.78 is 0. The number of nitrogens with two attached hydrogens (primary N) is 1. The minimum absolute atomic E-state index is 0. The van der Waals surface area contributed by atoms with Gasteiger partial charge in [0.15, 0.2) is 0 Å². The van der Waals surface area contributed by atoms with Crippen LogP contribution in [0, 0.1) is 12.8 Å². The van der Waals surface area contributed by atoms with Gasteiger partial charge in [-0.2, -0.15) is 0 Å². The van der Waals surface area contributed by atoms with Gasteiger partial charge in [-0.25, -0.2) is 4.99 Å². The van der Waals surface area contributed by atoms with Gasteiger partial charge in [0.2, 0.25) is 5.96 Å². The Kier molecular flexibility index (Phi) is 8.61. The van der Waals surface area contributed by atoms with Crippen molar-refractivity contribution in [1.82, 2.24) is 10.2 Å². The summed E-state index contributed by atoms with van der Waals surface area (Å²) in [5, 5.41) is 11.1. The van der Waals surface area contributed by atoms with Crippen molar-refractivity contribution in [3.63, 3.8) is 0 Å². The van der Waals surface area contributed by atoms with Crippen molar-refractivity contribution in [3.05, 3.63) is 7.43 Å². The van der Waals surface area contributed by atoms with Crippen molar-refractivity contribution in [1.29, 1.82) is 5.41 Å². The second kappa shape index (κ2) is 7.71. The van der Waals surface area contributed by atoms with Crippen molar-refractivity contribution in [2.24, 2.45) is 10.7 Å². The third kappa shape index (κ3) is 4.55. The van der Waals surface area contributed by atoms with Crippen LogP contribution in [0.15, 0.2) is 4.99 Å². The number of guanidine groups is 1. The van der Waals surface area contributed by atoms with Gasteiger partial charge in [-0.3, -0.25) is 5.41 Å². The molecular formula is C10H22N5V-. The Morgan fingerprint density at radius 2 is 1.81 bits per heavy atom. The van der Waals surface area contributed by atoms with Crippen LogP contribution in [-0.4, -0.2) is 41.9 Å². The maximum atomic E-state index is 7.80. The van der Waals surface area contributed by atoms with E-state index in [1.165, 1.54) is 0 Å². The predicted molar refractivity (Wildman–Crippen MR) is 65.1 cm³/mol. The zero-order valence-corrected chi connectivity index (χ0v) is 11.9. The molecule has 1 rings (SSSR count). The van der Waals surface area contributed by atoms with E-state index < -0.39 is 0 Å². The van der Waals surface area contributed by atoms with Crippen LogP contribution in [-0.2, 0) is 18.6 Å². The summed E-state index contributed by atoms with van der Waals surface area (Å²) in [4.78, 5) is 5.97. The average molecular weight is 263 g/mol. The Hall–Kier alpha value is -0.516. The molecule has 1 heterocycles. The van der Waals surface area contributed by atoms with Gasteiger partial charge >= 0.3 is 0 Å². The quantitative estimate of drug-likeness (QED) is 0.337. The Labute approximate surface area is 110 Å². The first kappa shape index (κ1) is 17.9. The standard InChI is InChI=1S/C9H19N5.CH3.V/c1-6-4-12-5-7(2)14(6)9(11)13-8(3)10;;/h6-7,12H,4-5H2,1-3H3,(H3,10,11,13);1H3;/q;-1;/t6-,7+;;. The molecule has 4 N–H and O–H groups in total. The van der Waals surface area contributed by atoms with E-state index in [4.69, 9.17) is 11.1 Å². The van der Waals surface area contributed by atoms with Gasteiger partial charge in [0, 0.05) is 43.7 Å². The van der Waals surface area contributed by atoms with Crippen molar-refractivity contribution >= 4 is 11.8 Å². The van der Waals surface area contributed by atoms with Gasteiger partial charge in [-0.15, -0.1) is 0 Å². The van der Waals surface area contributed by atoms with Crippen LogP contribution >= 0.6 is 0 Å². The summed E-state index contributed by atoms with van der Waals surface area (Å²) in [6.45, 7) is 7.65. The summed E-state index contributed by atoms with van der Waals surface area (Å²) in [5.41, 5.74) is 5.46. The Morgan fingerprint density at radius 1 is 1.38 bits per heavy atom. The molecule has 0 bridgehead atoms. The first-order valence-electron chi connectivity index (χ1n) is 4.90. The van der Waals surface area contributed by atoms with Crippen LogP contribution in [0.5, 0.6) is 0 Å². The zero-order valence-electron chi connectivity index (χ0n) is 10.5. The number of piperazine rings is 1. The molecule has 1 fully saturated rings. The number of hydrogen-bond donors (Lipinski definition) is 3. The number of nitrogens with zero attached hydrogens (tertiary/aromatic N) is 2. The van der Waals surface area contributed by atoms with E-state index in [1.807, 2.05) is 4.90 Å². The van der Waals surface area contributed by atoms with Crippen LogP contribution in [0.2, 0.25) is 0 Å². The van der Waals surface area contributed by atoms with Gasteiger partial charge in [0.05, 0.1) is 5.84 Å². The molecule has 93 valence electrons. The average Bonchev–Trinajstić information content (AvgIpc) is 2.01. The van der Waals surface area contributed by atoms with Gasteiger partial charge < -0.3 is 23.4 Å². The van der Waals surface area contributed by atoms with E-state index in [2.05, 4.69) is 24.2 Å². The van der Waals surface area contributed by atoms with Crippen LogP contribution in [0.4, 0.5) is 0 Å². The van der Waals surface area contributed by atoms with Gasteiger partial charge in [0.1, 0.15) is 0 Å². The van der Waals surface area contributed by atoms with Crippen LogP contribution in [0.1, 0.15) is 20.8 Å². The molecule has 16 heavy (non-hydrogen) atoms. The Morgan fingerprint density at radius 3 is 2.19 bits per heavy atom. The van der Waals surface area contributed by atoms with E-state index in [0.717, 1.165) is 13.1 Å². The molecule has 0 aromatic carbocycles. The summed E-state index contributed by atoms with van der Waals surface area (Å²) in [6, 6.07) is 0.601. The second-order valence-electron chi connectivity index (χ2n) is 3.84. The summed E-state index contributed by atoms with van der Waals surface area (Å²) in [5.74, 6) is 0.708. The van der Waals surface area contributed by atoms with E-state index >= 15 is 0 Å². The molecule has 5 nitrogen and oxygen atoms in total. The molecule has 0 unspecified atom stereocenters. The van der Waals surface area contributed by atoms with Crippen LogP contribution in [0.3, 0.4) is 0 Å².